The Labute approximate surface area is 152 Å². The van der Waals surface area contributed by atoms with Crippen molar-refractivity contribution in [2.75, 3.05) is 6.54 Å². The number of nitrogens with two attached hydrogens (primary N) is 1. The molecule has 6 heteroatoms. The number of hydrogen-bond acceptors (Lipinski definition) is 3. The highest BCUT2D eigenvalue weighted by atomic mass is 32.1. The summed E-state index contributed by atoms with van der Waals surface area (Å²) in [6, 6.07) is 14.3. The first kappa shape index (κ1) is 17.2. The van der Waals surface area contributed by atoms with Crippen LogP contribution in [0.1, 0.15) is 21.8 Å². The molecule has 0 radical (unpaired) electrons. The van der Waals surface area contributed by atoms with Gasteiger partial charge >= 0.3 is 0 Å². The third-order valence-corrected chi connectivity index (χ3v) is 5.04. The number of guanidine groups is 1. The third kappa shape index (κ3) is 4.28. The molecule has 25 heavy (non-hydrogen) atoms. The van der Waals surface area contributed by atoms with E-state index in [9.17, 15) is 0 Å². The van der Waals surface area contributed by atoms with Crippen molar-refractivity contribution >= 4 is 17.3 Å². The van der Waals surface area contributed by atoms with Gasteiger partial charge in [0, 0.05) is 22.7 Å². The normalized spacial score (nSPS) is 11.7. The number of hydrogen-bond donors (Lipinski definition) is 2. The molecular weight excluding hydrogens is 330 g/mol. The van der Waals surface area contributed by atoms with Gasteiger partial charge in [-0.05, 0) is 43.8 Å². The standard InChI is InChI=1S/C19H23N5S/c1-14-18(15(2)24(23-14)16-7-4-3-5-8-16)13-22-19(20)21-11-10-17-9-6-12-25-17/h3-9,12H,10-11,13H2,1-2H3,(H3,20,21,22). The number of nitrogens with one attached hydrogen (secondary N) is 1. The average Bonchev–Trinajstić information content (AvgIpc) is 3.23. The number of aryl methyl sites for hydroxylation is 1. The minimum atomic E-state index is 0.475. The summed E-state index contributed by atoms with van der Waals surface area (Å²) in [5.74, 6) is 0.475. The van der Waals surface area contributed by atoms with E-state index in [2.05, 4.69) is 39.8 Å². The number of rotatable bonds is 6. The summed E-state index contributed by atoms with van der Waals surface area (Å²) >= 11 is 1.76. The molecule has 0 atom stereocenters. The smallest absolute Gasteiger partial charge is 0.188 e. The highest BCUT2D eigenvalue weighted by Gasteiger charge is 2.12. The Morgan fingerprint density at radius 1 is 1.20 bits per heavy atom. The quantitative estimate of drug-likeness (QED) is 0.528. The van der Waals surface area contributed by atoms with Crippen molar-refractivity contribution in [3.63, 3.8) is 0 Å². The Hall–Kier alpha value is -2.60. The van der Waals surface area contributed by atoms with Crippen molar-refractivity contribution < 1.29 is 0 Å². The first-order chi connectivity index (χ1) is 12.1. The molecule has 130 valence electrons. The lowest BCUT2D eigenvalue weighted by molar-refractivity contribution is 0.831. The van der Waals surface area contributed by atoms with Crippen LogP contribution in [0.3, 0.4) is 0 Å². The predicted molar refractivity (Wildman–Crippen MR) is 104 cm³/mol. The molecule has 2 heterocycles. The highest BCUT2D eigenvalue weighted by molar-refractivity contribution is 7.09. The molecule has 0 aliphatic rings. The lowest BCUT2D eigenvalue weighted by Gasteiger charge is -2.06. The van der Waals surface area contributed by atoms with Crippen LogP contribution < -0.4 is 11.1 Å². The van der Waals surface area contributed by atoms with Crippen molar-refractivity contribution in [3.8, 4) is 5.69 Å². The monoisotopic (exact) mass is 353 g/mol. The third-order valence-electron chi connectivity index (χ3n) is 4.11. The molecule has 5 nitrogen and oxygen atoms in total. The fourth-order valence-electron chi connectivity index (χ4n) is 2.71. The number of benzene rings is 1. The van der Waals surface area contributed by atoms with E-state index in [0.29, 0.717) is 12.5 Å². The number of thiophene rings is 1. The molecule has 3 aromatic rings. The summed E-state index contributed by atoms with van der Waals surface area (Å²) < 4.78 is 1.96. The summed E-state index contributed by atoms with van der Waals surface area (Å²) in [6.45, 7) is 5.40. The van der Waals surface area contributed by atoms with E-state index >= 15 is 0 Å². The van der Waals surface area contributed by atoms with Crippen molar-refractivity contribution in [2.45, 2.75) is 26.8 Å². The van der Waals surface area contributed by atoms with Gasteiger partial charge in [-0.15, -0.1) is 11.3 Å². The summed E-state index contributed by atoms with van der Waals surface area (Å²) in [5, 5.41) is 9.90. The molecule has 0 unspecified atom stereocenters. The molecule has 0 amide bonds. The highest BCUT2D eigenvalue weighted by Crippen LogP contribution is 2.18. The minimum Gasteiger partial charge on any atom is -0.370 e. The Bertz CT molecular complexity index is 834. The van der Waals surface area contributed by atoms with Crippen LogP contribution in [0, 0.1) is 13.8 Å². The average molecular weight is 353 g/mol. The summed E-state index contributed by atoms with van der Waals surface area (Å²) in [7, 11) is 0. The molecule has 0 aliphatic heterocycles. The zero-order valence-corrected chi connectivity index (χ0v) is 15.4. The number of para-hydroxylation sites is 1. The maximum Gasteiger partial charge on any atom is 0.188 e. The Morgan fingerprint density at radius 3 is 2.72 bits per heavy atom. The van der Waals surface area contributed by atoms with E-state index in [4.69, 9.17) is 5.73 Å². The molecule has 3 N–H and O–H groups in total. The van der Waals surface area contributed by atoms with E-state index in [1.54, 1.807) is 11.3 Å². The van der Waals surface area contributed by atoms with Crippen molar-refractivity contribution in [3.05, 3.63) is 69.7 Å². The topological polar surface area (TPSA) is 68.2 Å². The van der Waals surface area contributed by atoms with Gasteiger partial charge in [0.05, 0.1) is 17.9 Å². The van der Waals surface area contributed by atoms with Gasteiger partial charge in [-0.25, -0.2) is 9.67 Å². The molecule has 0 bridgehead atoms. The zero-order chi connectivity index (χ0) is 17.6. The molecule has 1 aromatic carbocycles. The van der Waals surface area contributed by atoms with Crippen LogP contribution in [0.5, 0.6) is 0 Å². The van der Waals surface area contributed by atoms with E-state index < -0.39 is 0 Å². The Kier molecular flexibility index (Phi) is 5.50. The zero-order valence-electron chi connectivity index (χ0n) is 14.6. The Morgan fingerprint density at radius 2 is 2.00 bits per heavy atom. The van der Waals surface area contributed by atoms with E-state index in [1.165, 1.54) is 4.88 Å². The van der Waals surface area contributed by atoms with Gasteiger partial charge in [-0.3, -0.25) is 0 Å². The number of aromatic nitrogens is 2. The lowest BCUT2D eigenvalue weighted by atomic mass is 10.2. The van der Waals surface area contributed by atoms with Crippen LogP contribution >= 0.6 is 11.3 Å². The van der Waals surface area contributed by atoms with Gasteiger partial charge in [-0.2, -0.15) is 5.10 Å². The van der Waals surface area contributed by atoms with Crippen LogP contribution in [-0.2, 0) is 13.0 Å². The second-order valence-corrected chi connectivity index (χ2v) is 6.89. The second-order valence-electron chi connectivity index (χ2n) is 5.85. The van der Waals surface area contributed by atoms with Gasteiger partial charge in [0.25, 0.3) is 0 Å². The van der Waals surface area contributed by atoms with Gasteiger partial charge in [0.2, 0.25) is 0 Å². The molecule has 2 aromatic heterocycles. The van der Waals surface area contributed by atoms with E-state index in [0.717, 1.165) is 35.6 Å². The first-order valence-corrected chi connectivity index (χ1v) is 9.20. The predicted octanol–water partition coefficient (Wildman–Crippen LogP) is 3.20. The summed E-state index contributed by atoms with van der Waals surface area (Å²) in [5.41, 5.74) is 10.2. The molecule has 3 rings (SSSR count). The maximum absolute atomic E-state index is 5.99. The summed E-state index contributed by atoms with van der Waals surface area (Å²) in [4.78, 5) is 5.82. The van der Waals surface area contributed by atoms with E-state index in [-0.39, 0.29) is 0 Å². The van der Waals surface area contributed by atoms with Gasteiger partial charge < -0.3 is 11.1 Å². The molecular formula is C19H23N5S. The molecule has 0 saturated heterocycles. The van der Waals surface area contributed by atoms with Gasteiger partial charge in [-0.1, -0.05) is 24.3 Å². The van der Waals surface area contributed by atoms with Crippen LogP contribution in [0.25, 0.3) is 5.69 Å². The van der Waals surface area contributed by atoms with Crippen molar-refractivity contribution in [1.82, 2.24) is 15.1 Å². The Balaban J connectivity index is 1.63. The van der Waals surface area contributed by atoms with Crippen LogP contribution in [0.15, 0.2) is 52.8 Å². The summed E-state index contributed by atoms with van der Waals surface area (Å²) in [6.07, 6.45) is 0.956. The lowest BCUT2D eigenvalue weighted by Crippen LogP contribution is -2.33. The molecule has 0 aliphatic carbocycles. The van der Waals surface area contributed by atoms with Crippen LogP contribution in [0.2, 0.25) is 0 Å². The largest absolute Gasteiger partial charge is 0.370 e. The van der Waals surface area contributed by atoms with Gasteiger partial charge in [0.1, 0.15) is 0 Å². The van der Waals surface area contributed by atoms with Crippen molar-refractivity contribution in [1.29, 1.82) is 0 Å². The van der Waals surface area contributed by atoms with Gasteiger partial charge in [0.15, 0.2) is 5.96 Å². The molecule has 0 saturated carbocycles. The first-order valence-electron chi connectivity index (χ1n) is 8.32. The molecule has 0 spiro atoms. The molecule has 0 fully saturated rings. The number of nitrogens with zero attached hydrogens (tertiary/aromatic N) is 3. The van der Waals surface area contributed by atoms with Crippen LogP contribution in [0.4, 0.5) is 0 Å². The minimum absolute atomic E-state index is 0.475. The fourth-order valence-corrected chi connectivity index (χ4v) is 3.42. The van der Waals surface area contributed by atoms with Crippen molar-refractivity contribution in [2.24, 2.45) is 10.7 Å². The maximum atomic E-state index is 5.99. The second kappa shape index (κ2) is 7.98. The number of aliphatic imine (C=N–C) groups is 1. The SMILES string of the molecule is Cc1nn(-c2ccccc2)c(C)c1CN=C(N)NCCc1cccs1. The fraction of sp³-hybridized carbons (Fsp3) is 0.263. The van der Waals surface area contributed by atoms with Crippen LogP contribution in [-0.4, -0.2) is 22.3 Å². The van der Waals surface area contributed by atoms with E-state index in [1.807, 2.05) is 41.9 Å².